The maximum absolute atomic E-state index is 4.19. The van der Waals surface area contributed by atoms with Crippen LogP contribution in [-0.2, 0) is 28.1 Å². The van der Waals surface area contributed by atoms with Crippen LogP contribution in [0.5, 0.6) is 0 Å². The molecule has 0 radical (unpaired) electrons. The third kappa shape index (κ3) is 1.39. The summed E-state index contributed by atoms with van der Waals surface area (Å²) in [6, 6.07) is 0. The van der Waals surface area contributed by atoms with Gasteiger partial charge >= 0.3 is 21.1 Å². The molecule has 0 saturated heterocycles. The maximum atomic E-state index is 4.19. The van der Waals surface area contributed by atoms with E-state index in [0.29, 0.717) is 0 Å². The summed E-state index contributed by atoms with van der Waals surface area (Å²) in [5.74, 6) is 0.723. The van der Waals surface area contributed by atoms with E-state index in [1.54, 1.807) is 10.9 Å². The molecule has 0 aromatic carbocycles. The van der Waals surface area contributed by atoms with E-state index in [9.17, 15) is 0 Å². The Kier molecular flexibility index (Phi) is 2.58. The van der Waals surface area contributed by atoms with Crippen molar-refractivity contribution in [1.82, 2.24) is 19.7 Å². The van der Waals surface area contributed by atoms with E-state index >= 15 is 0 Å². The first-order valence-corrected chi connectivity index (χ1v) is 3.31. The van der Waals surface area contributed by atoms with Crippen molar-refractivity contribution in [3.63, 3.8) is 0 Å². The molecular formula is C7H7N4W+. The molecule has 0 amide bonds. The number of hydrogen-bond donors (Lipinski definition) is 0. The molecule has 2 aromatic rings. The molecule has 0 N–H and O–H groups in total. The van der Waals surface area contributed by atoms with Crippen LogP contribution in [0.2, 0.25) is 0 Å². The van der Waals surface area contributed by atoms with Crippen LogP contribution in [-0.4, -0.2) is 19.7 Å². The average molecular weight is 331 g/mol. The number of rotatable bonds is 0. The van der Waals surface area contributed by atoms with Crippen molar-refractivity contribution in [2.24, 2.45) is 7.05 Å². The third-order valence-electron chi connectivity index (χ3n) is 1.51. The Morgan fingerprint density at radius 1 is 1.50 bits per heavy atom. The molecule has 4 nitrogen and oxygen atoms in total. The van der Waals surface area contributed by atoms with Crippen LogP contribution >= 0.6 is 0 Å². The summed E-state index contributed by atoms with van der Waals surface area (Å²) in [5.41, 5.74) is 0.831. The Hall–Kier alpha value is -0.762. The molecule has 5 heteroatoms. The van der Waals surface area contributed by atoms with Gasteiger partial charge in [-0.15, -0.1) is 0 Å². The SMILES string of the molecule is Cc1n[c-]c2cnn(C)c2n1.[W+2]. The van der Waals surface area contributed by atoms with Crippen molar-refractivity contribution in [2.45, 2.75) is 6.92 Å². The van der Waals surface area contributed by atoms with Gasteiger partial charge in [0.25, 0.3) is 0 Å². The van der Waals surface area contributed by atoms with Crippen molar-refractivity contribution in [2.75, 3.05) is 0 Å². The molecule has 2 rings (SSSR count). The first-order valence-electron chi connectivity index (χ1n) is 3.31. The van der Waals surface area contributed by atoms with Crippen LogP contribution in [0.1, 0.15) is 5.82 Å². The van der Waals surface area contributed by atoms with E-state index in [4.69, 9.17) is 0 Å². The fraction of sp³-hybridized carbons (Fsp3) is 0.286. The summed E-state index contributed by atoms with van der Waals surface area (Å²) in [5, 5.41) is 4.88. The zero-order valence-corrected chi connectivity index (χ0v) is 9.71. The van der Waals surface area contributed by atoms with E-state index in [-0.39, 0.29) is 21.1 Å². The van der Waals surface area contributed by atoms with Gasteiger partial charge in [-0.3, -0.25) is 0 Å². The van der Waals surface area contributed by atoms with Crippen molar-refractivity contribution >= 4 is 11.0 Å². The second-order valence-electron chi connectivity index (χ2n) is 2.39. The second-order valence-corrected chi connectivity index (χ2v) is 2.39. The van der Waals surface area contributed by atoms with E-state index in [1.165, 1.54) is 0 Å². The van der Waals surface area contributed by atoms with Gasteiger partial charge in [0.05, 0.1) is 5.65 Å². The van der Waals surface area contributed by atoms with Crippen LogP contribution in [0.3, 0.4) is 0 Å². The van der Waals surface area contributed by atoms with Gasteiger partial charge in [0, 0.05) is 12.9 Å². The van der Waals surface area contributed by atoms with E-state index in [0.717, 1.165) is 16.9 Å². The summed E-state index contributed by atoms with van der Waals surface area (Å²) in [7, 11) is 1.85. The van der Waals surface area contributed by atoms with Crippen LogP contribution in [0.4, 0.5) is 0 Å². The number of aryl methyl sites for hydroxylation is 2. The molecule has 0 bridgehead atoms. The first-order chi connectivity index (χ1) is 5.27. The Labute approximate surface area is 84.3 Å². The number of fused-ring (bicyclic) bond motifs is 1. The number of hydrogen-bond acceptors (Lipinski definition) is 3. The van der Waals surface area contributed by atoms with E-state index < -0.39 is 0 Å². The van der Waals surface area contributed by atoms with Gasteiger partial charge in [0.15, 0.2) is 0 Å². The first kappa shape index (κ1) is 9.33. The maximum Gasteiger partial charge on any atom is 2.00 e. The van der Waals surface area contributed by atoms with Crippen LogP contribution < -0.4 is 0 Å². The van der Waals surface area contributed by atoms with Crippen LogP contribution in [0, 0.1) is 13.1 Å². The van der Waals surface area contributed by atoms with Crippen molar-refractivity contribution in [3.05, 3.63) is 18.2 Å². The molecule has 0 saturated carbocycles. The Bertz CT molecular complexity index is 395. The predicted octanol–water partition coefficient (Wildman–Crippen LogP) is 0.469. The molecule has 60 valence electrons. The van der Waals surface area contributed by atoms with Gasteiger partial charge in [0.2, 0.25) is 0 Å². The summed E-state index contributed by atoms with van der Waals surface area (Å²) >= 11 is 0. The quantitative estimate of drug-likeness (QED) is 0.660. The normalized spacial score (nSPS) is 9.83. The minimum absolute atomic E-state index is 0. The van der Waals surface area contributed by atoms with Gasteiger partial charge in [-0.1, -0.05) is 5.39 Å². The monoisotopic (exact) mass is 331 g/mol. The van der Waals surface area contributed by atoms with Gasteiger partial charge in [-0.2, -0.15) is 0 Å². The van der Waals surface area contributed by atoms with Crippen molar-refractivity contribution in [1.29, 1.82) is 0 Å². The molecule has 0 spiro atoms. The molecule has 2 heterocycles. The fourth-order valence-electron chi connectivity index (χ4n) is 0.962. The minimum atomic E-state index is 0. The summed E-state index contributed by atoms with van der Waals surface area (Å²) in [6.45, 7) is 1.84. The summed E-state index contributed by atoms with van der Waals surface area (Å²) in [4.78, 5) is 8.12. The number of nitrogens with zero attached hydrogens (tertiary/aromatic N) is 4. The Balaban J connectivity index is 0.000000720. The van der Waals surface area contributed by atoms with Gasteiger partial charge in [-0.05, 0) is 19.3 Å². The molecule has 0 fully saturated rings. The standard InChI is InChI=1S/C7H7N4.W/c1-5-8-3-6-4-9-11(2)7(6)10-5;/h4H,1-2H3;/q-1;+2. The summed E-state index contributed by atoms with van der Waals surface area (Å²) < 4.78 is 1.71. The molecule has 0 unspecified atom stereocenters. The van der Waals surface area contributed by atoms with Crippen molar-refractivity contribution in [3.8, 4) is 0 Å². The van der Waals surface area contributed by atoms with Gasteiger partial charge in [-0.25, -0.2) is 5.10 Å². The topological polar surface area (TPSA) is 43.6 Å². The molecule has 0 atom stereocenters. The average Bonchev–Trinajstić information content (AvgIpc) is 2.33. The third-order valence-corrected chi connectivity index (χ3v) is 1.51. The molecule has 2 aromatic heterocycles. The molecular weight excluding hydrogens is 324 g/mol. The second kappa shape index (κ2) is 3.31. The van der Waals surface area contributed by atoms with Crippen molar-refractivity contribution < 1.29 is 21.1 Å². The zero-order chi connectivity index (χ0) is 7.84. The van der Waals surface area contributed by atoms with E-state index in [2.05, 4.69) is 21.3 Å². The minimum Gasteiger partial charge on any atom is -0.338 e. The van der Waals surface area contributed by atoms with Crippen LogP contribution in [0.25, 0.3) is 11.0 Å². The number of aromatic nitrogens is 4. The molecule has 12 heavy (non-hydrogen) atoms. The Morgan fingerprint density at radius 2 is 2.25 bits per heavy atom. The zero-order valence-electron chi connectivity index (χ0n) is 6.77. The predicted molar refractivity (Wildman–Crippen MR) is 39.9 cm³/mol. The van der Waals surface area contributed by atoms with Gasteiger partial charge < -0.3 is 14.6 Å². The van der Waals surface area contributed by atoms with Crippen LogP contribution in [0.15, 0.2) is 6.20 Å². The molecule has 0 aliphatic carbocycles. The Morgan fingerprint density at radius 3 is 3.00 bits per heavy atom. The molecule has 0 aliphatic rings. The van der Waals surface area contributed by atoms with E-state index in [1.807, 2.05) is 14.0 Å². The van der Waals surface area contributed by atoms with Gasteiger partial charge in [0.1, 0.15) is 0 Å². The smallest absolute Gasteiger partial charge is 0.338 e. The fourth-order valence-corrected chi connectivity index (χ4v) is 0.962. The summed E-state index contributed by atoms with van der Waals surface area (Å²) in [6.07, 6.45) is 4.55. The largest absolute Gasteiger partial charge is 2.00 e. The molecule has 0 aliphatic heterocycles.